The first-order valence-electron chi connectivity index (χ1n) is 5.57. The number of halogens is 3. The fraction of sp³-hybridized carbons (Fsp3) is 0.500. The van der Waals surface area contributed by atoms with E-state index in [9.17, 15) is 13.2 Å². The summed E-state index contributed by atoms with van der Waals surface area (Å²) < 4.78 is 43.3. The van der Waals surface area contributed by atoms with Crippen molar-refractivity contribution >= 4 is 0 Å². The van der Waals surface area contributed by atoms with Gasteiger partial charge in [-0.2, -0.15) is 13.2 Å². The summed E-state index contributed by atoms with van der Waals surface area (Å²) in [6.45, 7) is 2.06. The predicted molar refractivity (Wildman–Crippen MR) is 57.9 cm³/mol. The molecule has 0 spiro atoms. The molecule has 1 aromatic rings. The molecule has 1 atom stereocenters. The number of alkyl halides is 3. The van der Waals surface area contributed by atoms with Crippen LogP contribution >= 0.6 is 0 Å². The zero-order valence-corrected chi connectivity index (χ0v) is 9.26. The fourth-order valence-electron chi connectivity index (χ4n) is 1.89. The number of nitrogens with one attached hydrogen (secondary N) is 1. The van der Waals surface area contributed by atoms with E-state index in [-0.39, 0.29) is 5.75 Å². The van der Waals surface area contributed by atoms with Crippen LogP contribution in [0.1, 0.15) is 12.0 Å². The molecule has 0 amide bonds. The van der Waals surface area contributed by atoms with Crippen LogP contribution in [0.2, 0.25) is 0 Å². The van der Waals surface area contributed by atoms with E-state index in [0.29, 0.717) is 12.5 Å². The third-order valence-electron chi connectivity index (χ3n) is 2.83. The molecule has 94 valence electrons. The maximum atomic E-state index is 12.7. The Balaban J connectivity index is 2.04. The van der Waals surface area contributed by atoms with Crippen molar-refractivity contribution in [2.75, 3.05) is 19.7 Å². The molecule has 2 nitrogen and oxygen atoms in total. The Hall–Kier alpha value is -1.23. The van der Waals surface area contributed by atoms with Gasteiger partial charge in [0.2, 0.25) is 0 Å². The highest BCUT2D eigenvalue weighted by Gasteiger charge is 2.34. The van der Waals surface area contributed by atoms with Crippen molar-refractivity contribution in [1.29, 1.82) is 0 Å². The number of hydrogen-bond acceptors (Lipinski definition) is 2. The highest BCUT2D eigenvalue weighted by atomic mass is 19.4. The second-order valence-electron chi connectivity index (χ2n) is 4.16. The molecule has 1 heterocycles. The van der Waals surface area contributed by atoms with E-state index in [4.69, 9.17) is 4.74 Å². The minimum atomic E-state index is -4.36. The SMILES string of the molecule is FC(F)(F)c1ccccc1OC[C@@H]1CCNC1. The molecule has 1 saturated heterocycles. The van der Waals surface area contributed by atoms with Crippen molar-refractivity contribution in [1.82, 2.24) is 5.32 Å². The lowest BCUT2D eigenvalue weighted by molar-refractivity contribution is -0.139. The molecular formula is C12H14F3NO. The first kappa shape index (κ1) is 12.2. The molecular weight excluding hydrogens is 231 g/mol. The third-order valence-corrected chi connectivity index (χ3v) is 2.83. The summed E-state index contributed by atoms with van der Waals surface area (Å²) in [7, 11) is 0. The zero-order chi connectivity index (χ0) is 12.3. The lowest BCUT2D eigenvalue weighted by atomic mass is 10.1. The van der Waals surface area contributed by atoms with Gasteiger partial charge in [0.15, 0.2) is 0 Å². The second kappa shape index (κ2) is 4.96. The molecule has 1 aliphatic heterocycles. The van der Waals surface area contributed by atoms with Gasteiger partial charge in [0.05, 0.1) is 12.2 Å². The summed E-state index contributed by atoms with van der Waals surface area (Å²) in [6.07, 6.45) is -3.40. The molecule has 0 aromatic heterocycles. The summed E-state index contributed by atoms with van der Waals surface area (Å²) in [4.78, 5) is 0. The van der Waals surface area contributed by atoms with Gasteiger partial charge in [-0.1, -0.05) is 12.1 Å². The van der Waals surface area contributed by atoms with Crippen LogP contribution < -0.4 is 10.1 Å². The monoisotopic (exact) mass is 245 g/mol. The normalized spacial score (nSPS) is 20.5. The first-order chi connectivity index (χ1) is 8.07. The van der Waals surface area contributed by atoms with E-state index in [0.717, 1.165) is 25.6 Å². The number of hydrogen-bond donors (Lipinski definition) is 1. The van der Waals surface area contributed by atoms with Crippen LogP contribution in [-0.2, 0) is 6.18 Å². The van der Waals surface area contributed by atoms with Crippen molar-refractivity contribution in [3.8, 4) is 5.75 Å². The Labute approximate surface area is 97.8 Å². The Kier molecular flexibility index (Phi) is 3.57. The standard InChI is InChI=1S/C12H14F3NO/c13-12(14,15)10-3-1-2-4-11(10)17-8-9-5-6-16-7-9/h1-4,9,16H,5-8H2/t9-/m1/s1. The highest BCUT2D eigenvalue weighted by molar-refractivity contribution is 5.35. The van der Waals surface area contributed by atoms with Crippen molar-refractivity contribution in [2.45, 2.75) is 12.6 Å². The summed E-state index contributed by atoms with van der Waals surface area (Å²) in [5, 5.41) is 3.15. The minimum absolute atomic E-state index is 0.0769. The van der Waals surface area contributed by atoms with E-state index in [1.165, 1.54) is 12.1 Å². The van der Waals surface area contributed by atoms with Gasteiger partial charge in [-0.25, -0.2) is 0 Å². The van der Waals surface area contributed by atoms with Gasteiger partial charge >= 0.3 is 6.18 Å². The highest BCUT2D eigenvalue weighted by Crippen LogP contribution is 2.36. The maximum absolute atomic E-state index is 12.7. The molecule has 0 saturated carbocycles. The summed E-state index contributed by atoms with van der Waals surface area (Å²) in [5.74, 6) is 0.225. The van der Waals surface area contributed by atoms with E-state index < -0.39 is 11.7 Å². The average Bonchev–Trinajstić information content (AvgIpc) is 2.78. The van der Waals surface area contributed by atoms with Crippen LogP contribution in [0.25, 0.3) is 0 Å². The summed E-state index contributed by atoms with van der Waals surface area (Å²) in [6, 6.07) is 5.33. The van der Waals surface area contributed by atoms with Gasteiger partial charge in [0.1, 0.15) is 5.75 Å². The molecule has 17 heavy (non-hydrogen) atoms. The second-order valence-corrected chi connectivity index (χ2v) is 4.16. The van der Waals surface area contributed by atoms with Crippen molar-refractivity contribution in [2.24, 2.45) is 5.92 Å². The van der Waals surface area contributed by atoms with Gasteiger partial charge < -0.3 is 10.1 Å². The van der Waals surface area contributed by atoms with Gasteiger partial charge in [-0.15, -0.1) is 0 Å². The van der Waals surface area contributed by atoms with Crippen LogP contribution in [0.15, 0.2) is 24.3 Å². The van der Waals surface area contributed by atoms with Gasteiger partial charge in [0.25, 0.3) is 0 Å². The molecule has 1 N–H and O–H groups in total. The summed E-state index contributed by atoms with van der Waals surface area (Å²) >= 11 is 0. The van der Waals surface area contributed by atoms with Crippen LogP contribution in [0.3, 0.4) is 0 Å². The smallest absolute Gasteiger partial charge is 0.419 e. The topological polar surface area (TPSA) is 21.3 Å². The molecule has 0 aliphatic carbocycles. The largest absolute Gasteiger partial charge is 0.493 e. The lowest BCUT2D eigenvalue weighted by Gasteiger charge is -2.15. The Bertz CT molecular complexity index is 372. The third kappa shape index (κ3) is 3.12. The first-order valence-corrected chi connectivity index (χ1v) is 5.57. The Morgan fingerprint density at radius 3 is 2.71 bits per heavy atom. The molecule has 1 aliphatic rings. The van der Waals surface area contributed by atoms with Gasteiger partial charge in [0, 0.05) is 12.5 Å². The van der Waals surface area contributed by atoms with Gasteiger partial charge in [-0.3, -0.25) is 0 Å². The zero-order valence-electron chi connectivity index (χ0n) is 9.26. The van der Waals surface area contributed by atoms with E-state index in [1.54, 1.807) is 6.07 Å². The van der Waals surface area contributed by atoms with E-state index >= 15 is 0 Å². The molecule has 1 aromatic carbocycles. The fourth-order valence-corrected chi connectivity index (χ4v) is 1.89. The van der Waals surface area contributed by atoms with E-state index in [1.807, 2.05) is 0 Å². The molecule has 0 radical (unpaired) electrons. The number of rotatable bonds is 3. The van der Waals surface area contributed by atoms with Crippen LogP contribution in [0.5, 0.6) is 5.75 Å². The molecule has 1 fully saturated rings. The Morgan fingerprint density at radius 1 is 1.29 bits per heavy atom. The van der Waals surface area contributed by atoms with E-state index in [2.05, 4.69) is 5.32 Å². The van der Waals surface area contributed by atoms with Crippen LogP contribution in [0.4, 0.5) is 13.2 Å². The number of benzene rings is 1. The Morgan fingerprint density at radius 2 is 2.06 bits per heavy atom. The lowest BCUT2D eigenvalue weighted by Crippen LogP contribution is -2.17. The minimum Gasteiger partial charge on any atom is -0.493 e. The van der Waals surface area contributed by atoms with Crippen LogP contribution in [-0.4, -0.2) is 19.7 Å². The van der Waals surface area contributed by atoms with Crippen LogP contribution in [0, 0.1) is 5.92 Å². The maximum Gasteiger partial charge on any atom is 0.419 e. The predicted octanol–water partition coefficient (Wildman–Crippen LogP) is 2.69. The molecule has 2 rings (SSSR count). The molecule has 0 unspecified atom stereocenters. The van der Waals surface area contributed by atoms with Crippen molar-refractivity contribution < 1.29 is 17.9 Å². The number of para-hydroxylation sites is 1. The average molecular weight is 245 g/mol. The molecule has 0 bridgehead atoms. The van der Waals surface area contributed by atoms with Gasteiger partial charge in [-0.05, 0) is 25.1 Å². The summed E-state index contributed by atoms with van der Waals surface area (Å²) in [5.41, 5.74) is -0.703. The quantitative estimate of drug-likeness (QED) is 0.884. The number of ether oxygens (including phenoxy) is 1. The van der Waals surface area contributed by atoms with Crippen molar-refractivity contribution in [3.05, 3.63) is 29.8 Å². The molecule has 5 heteroatoms. The van der Waals surface area contributed by atoms with Crippen molar-refractivity contribution in [3.63, 3.8) is 0 Å².